The van der Waals surface area contributed by atoms with Gasteiger partial charge in [0.25, 0.3) is 5.91 Å². The molecule has 0 unspecified atom stereocenters. The molecule has 20 heavy (non-hydrogen) atoms. The zero-order chi connectivity index (χ0) is 14.8. The number of benzene rings is 1. The molecule has 0 radical (unpaired) electrons. The molecule has 3 nitrogen and oxygen atoms in total. The van der Waals surface area contributed by atoms with E-state index in [9.17, 15) is 4.79 Å². The zero-order valence-corrected chi connectivity index (χ0v) is 12.2. The van der Waals surface area contributed by atoms with E-state index in [1.165, 1.54) is 0 Å². The molecule has 0 saturated carbocycles. The molecule has 1 aliphatic heterocycles. The van der Waals surface area contributed by atoms with Gasteiger partial charge in [0.05, 0.1) is 0 Å². The number of nitriles is 1. The average molecular weight is 287 g/mol. The SMILES string of the molecule is CC1(C)CC(C=Cc2ccccc2Cl)=C(C#N)C(=O)N1. The summed E-state index contributed by atoms with van der Waals surface area (Å²) in [7, 11) is 0. The van der Waals surface area contributed by atoms with Crippen LogP contribution in [-0.4, -0.2) is 11.4 Å². The number of nitrogens with one attached hydrogen (secondary N) is 1. The van der Waals surface area contributed by atoms with E-state index in [0.717, 1.165) is 11.1 Å². The predicted molar refractivity (Wildman–Crippen MR) is 80.0 cm³/mol. The number of rotatable bonds is 2. The Hall–Kier alpha value is -2.05. The summed E-state index contributed by atoms with van der Waals surface area (Å²) >= 11 is 6.09. The van der Waals surface area contributed by atoms with Crippen LogP contribution in [0.1, 0.15) is 25.8 Å². The van der Waals surface area contributed by atoms with E-state index >= 15 is 0 Å². The lowest BCUT2D eigenvalue weighted by Crippen LogP contribution is -2.47. The number of hydrogen-bond acceptors (Lipinski definition) is 2. The number of hydrogen-bond donors (Lipinski definition) is 1. The van der Waals surface area contributed by atoms with Crippen LogP contribution in [0.15, 0.2) is 41.5 Å². The van der Waals surface area contributed by atoms with Gasteiger partial charge in [0.1, 0.15) is 11.6 Å². The molecule has 2 rings (SSSR count). The number of carbonyl (C=O) groups excluding carboxylic acids is 1. The van der Waals surface area contributed by atoms with Gasteiger partial charge in [0.2, 0.25) is 0 Å². The minimum Gasteiger partial charge on any atom is -0.346 e. The number of amides is 1. The minimum absolute atomic E-state index is 0.174. The standard InChI is InChI=1S/C16H15ClN2O/c1-16(2)9-12(13(10-18)15(20)19-16)8-7-11-5-3-4-6-14(11)17/h3-8H,9H2,1-2H3,(H,19,20). The predicted octanol–water partition coefficient (Wildman–Crippen LogP) is 3.47. The molecule has 1 aromatic carbocycles. The fourth-order valence-corrected chi connectivity index (χ4v) is 2.39. The van der Waals surface area contributed by atoms with Crippen molar-refractivity contribution >= 4 is 23.6 Å². The summed E-state index contributed by atoms with van der Waals surface area (Å²) in [6, 6.07) is 9.42. The third-order valence-electron chi connectivity index (χ3n) is 3.11. The molecule has 1 heterocycles. The zero-order valence-electron chi connectivity index (χ0n) is 11.4. The first kappa shape index (κ1) is 14.4. The molecular formula is C16H15ClN2O. The highest BCUT2D eigenvalue weighted by atomic mass is 35.5. The van der Waals surface area contributed by atoms with Crippen molar-refractivity contribution in [2.75, 3.05) is 0 Å². The van der Waals surface area contributed by atoms with Crippen LogP contribution in [0.2, 0.25) is 5.02 Å². The minimum atomic E-state index is -0.350. The van der Waals surface area contributed by atoms with Gasteiger partial charge in [-0.3, -0.25) is 4.79 Å². The molecular weight excluding hydrogens is 272 g/mol. The summed E-state index contributed by atoms with van der Waals surface area (Å²) < 4.78 is 0. The lowest BCUT2D eigenvalue weighted by atomic mass is 9.87. The van der Waals surface area contributed by atoms with Gasteiger partial charge in [-0.15, -0.1) is 0 Å². The molecule has 0 atom stereocenters. The van der Waals surface area contributed by atoms with Crippen molar-refractivity contribution < 1.29 is 4.79 Å². The van der Waals surface area contributed by atoms with Crippen LogP contribution in [-0.2, 0) is 4.79 Å². The third kappa shape index (κ3) is 3.09. The molecule has 0 fully saturated rings. The van der Waals surface area contributed by atoms with Gasteiger partial charge in [-0.1, -0.05) is 42.0 Å². The van der Waals surface area contributed by atoms with Crippen molar-refractivity contribution in [3.05, 3.63) is 52.1 Å². The van der Waals surface area contributed by atoms with Gasteiger partial charge in [-0.2, -0.15) is 5.26 Å². The van der Waals surface area contributed by atoms with Gasteiger partial charge < -0.3 is 5.32 Å². The maximum Gasteiger partial charge on any atom is 0.262 e. The lowest BCUT2D eigenvalue weighted by Gasteiger charge is -2.31. The Morgan fingerprint density at radius 3 is 2.70 bits per heavy atom. The third-order valence-corrected chi connectivity index (χ3v) is 3.46. The number of allylic oxidation sites excluding steroid dienone is 1. The Bertz CT molecular complexity index is 651. The summed E-state index contributed by atoms with van der Waals surface area (Å²) in [5.41, 5.74) is 1.42. The van der Waals surface area contributed by atoms with Crippen LogP contribution >= 0.6 is 11.6 Å². The van der Waals surface area contributed by atoms with Crippen molar-refractivity contribution in [1.29, 1.82) is 5.26 Å². The maximum atomic E-state index is 11.9. The van der Waals surface area contributed by atoms with Crippen molar-refractivity contribution in [3.8, 4) is 6.07 Å². The second-order valence-electron chi connectivity index (χ2n) is 5.38. The normalized spacial score (nSPS) is 18.0. The molecule has 0 aliphatic carbocycles. The van der Waals surface area contributed by atoms with Crippen LogP contribution in [0.3, 0.4) is 0 Å². The Kier molecular flexibility index (Phi) is 3.96. The monoisotopic (exact) mass is 286 g/mol. The highest BCUT2D eigenvalue weighted by Crippen LogP contribution is 2.27. The molecule has 1 N–H and O–H groups in total. The van der Waals surface area contributed by atoms with Crippen molar-refractivity contribution in [2.24, 2.45) is 0 Å². The summed E-state index contributed by atoms with van der Waals surface area (Å²) in [4.78, 5) is 11.9. The quantitative estimate of drug-likeness (QED) is 0.905. The van der Waals surface area contributed by atoms with Crippen LogP contribution in [0.5, 0.6) is 0 Å². The molecule has 102 valence electrons. The second kappa shape index (κ2) is 5.52. The summed E-state index contributed by atoms with van der Waals surface area (Å²) in [6.45, 7) is 3.87. The van der Waals surface area contributed by atoms with E-state index < -0.39 is 0 Å². The molecule has 1 amide bonds. The maximum absolute atomic E-state index is 11.9. The first-order chi connectivity index (χ1) is 9.43. The molecule has 0 spiro atoms. The van der Waals surface area contributed by atoms with E-state index in [1.807, 2.05) is 44.2 Å². The molecule has 0 saturated heterocycles. The Labute approximate surface area is 123 Å². The molecule has 0 aromatic heterocycles. The Morgan fingerprint density at radius 1 is 1.35 bits per heavy atom. The largest absolute Gasteiger partial charge is 0.346 e. The fraction of sp³-hybridized carbons (Fsp3) is 0.250. The van der Waals surface area contributed by atoms with E-state index in [2.05, 4.69) is 5.32 Å². The lowest BCUT2D eigenvalue weighted by molar-refractivity contribution is -0.119. The fourth-order valence-electron chi connectivity index (χ4n) is 2.19. The Balaban J connectivity index is 2.38. The van der Waals surface area contributed by atoms with E-state index in [0.29, 0.717) is 11.4 Å². The van der Waals surface area contributed by atoms with E-state index in [-0.39, 0.29) is 17.0 Å². The smallest absolute Gasteiger partial charge is 0.262 e. The van der Waals surface area contributed by atoms with Crippen LogP contribution < -0.4 is 5.32 Å². The molecule has 1 aromatic rings. The molecule has 0 bridgehead atoms. The van der Waals surface area contributed by atoms with Gasteiger partial charge in [-0.25, -0.2) is 0 Å². The Morgan fingerprint density at radius 2 is 2.05 bits per heavy atom. The van der Waals surface area contributed by atoms with Gasteiger partial charge in [0.15, 0.2) is 0 Å². The van der Waals surface area contributed by atoms with Gasteiger partial charge in [-0.05, 0) is 37.5 Å². The average Bonchev–Trinajstić information content (AvgIpc) is 2.36. The summed E-state index contributed by atoms with van der Waals surface area (Å²) in [6.07, 6.45) is 4.26. The topological polar surface area (TPSA) is 52.9 Å². The number of nitrogens with zero attached hydrogens (tertiary/aromatic N) is 1. The van der Waals surface area contributed by atoms with Crippen molar-refractivity contribution in [2.45, 2.75) is 25.8 Å². The molecule has 1 aliphatic rings. The summed E-state index contributed by atoms with van der Waals surface area (Å²) in [5.74, 6) is -0.317. The van der Waals surface area contributed by atoms with Crippen LogP contribution in [0, 0.1) is 11.3 Å². The second-order valence-corrected chi connectivity index (χ2v) is 5.79. The van der Waals surface area contributed by atoms with Gasteiger partial charge in [0, 0.05) is 10.6 Å². The number of halogens is 1. The van der Waals surface area contributed by atoms with Crippen molar-refractivity contribution in [1.82, 2.24) is 5.32 Å². The first-order valence-corrected chi connectivity index (χ1v) is 6.69. The summed E-state index contributed by atoms with van der Waals surface area (Å²) in [5, 5.41) is 12.6. The van der Waals surface area contributed by atoms with Crippen LogP contribution in [0.25, 0.3) is 6.08 Å². The number of carbonyl (C=O) groups is 1. The van der Waals surface area contributed by atoms with Crippen molar-refractivity contribution in [3.63, 3.8) is 0 Å². The van der Waals surface area contributed by atoms with E-state index in [4.69, 9.17) is 16.9 Å². The highest BCUT2D eigenvalue weighted by molar-refractivity contribution is 6.32. The van der Waals surface area contributed by atoms with E-state index in [1.54, 1.807) is 12.1 Å². The van der Waals surface area contributed by atoms with Crippen LogP contribution in [0.4, 0.5) is 0 Å². The van der Waals surface area contributed by atoms with Gasteiger partial charge >= 0.3 is 0 Å². The first-order valence-electron chi connectivity index (χ1n) is 6.31. The highest BCUT2D eigenvalue weighted by Gasteiger charge is 2.30. The molecule has 4 heteroatoms.